The number of aliphatic hydroxyl groups excluding tert-OH is 2. The molecule has 5 heteroatoms. The van der Waals surface area contributed by atoms with Crippen LogP contribution >= 0.6 is 0 Å². The van der Waals surface area contributed by atoms with Crippen LogP contribution in [0.3, 0.4) is 0 Å². The van der Waals surface area contributed by atoms with Crippen LogP contribution in [0, 0.1) is 28.6 Å². The molecule has 5 nitrogen and oxygen atoms in total. The summed E-state index contributed by atoms with van der Waals surface area (Å²) >= 11 is 0. The normalized spacial score (nSPS) is 12.4. The largest absolute Gasteiger partial charge is 0.512 e. The highest BCUT2D eigenvalue weighted by Gasteiger charge is 2.22. The highest BCUT2D eigenvalue weighted by atomic mass is 16.3. The number of aliphatic hydroxyl groups is 2. The van der Waals surface area contributed by atoms with Crippen LogP contribution in [0.15, 0.2) is 28.7 Å². The third kappa shape index (κ3) is 18.5. The third-order valence-electron chi connectivity index (χ3n) is 4.62. The Kier molecular flexibility index (Phi) is 23.0. The molecular formula is C25H49NO4. The molecule has 0 aromatic heterocycles. The first kappa shape index (κ1) is 33.2. The van der Waals surface area contributed by atoms with Crippen molar-refractivity contribution in [1.82, 2.24) is 0 Å². The summed E-state index contributed by atoms with van der Waals surface area (Å²) in [4.78, 5) is 21.9. The van der Waals surface area contributed by atoms with E-state index in [2.05, 4.69) is 46.4 Å². The average Bonchev–Trinajstić information content (AvgIpc) is 2.67. The topological polar surface area (TPSA) is 87.0 Å². The molecule has 0 aromatic carbocycles. The van der Waals surface area contributed by atoms with Crippen LogP contribution in [0.4, 0.5) is 0 Å². The van der Waals surface area contributed by atoms with Gasteiger partial charge >= 0.3 is 0 Å². The van der Waals surface area contributed by atoms with E-state index in [4.69, 9.17) is 5.11 Å². The lowest BCUT2D eigenvalue weighted by molar-refractivity contribution is -0.116. The standard InChI is InChI=1S/C18H32O2.C6H13NO.CH4O/c1-8-16(19)18(17(20)11-13(4)5)15(7)14(6)10-9-12(2)3;1-6(2)4-3-5-7-8;1-2/h12-14,19H,7-11H2,1-6H3;6H,3-5H2,1-2H3;2H,1H3/b18-16-;;. The lowest BCUT2D eigenvalue weighted by atomic mass is 9.85. The Labute approximate surface area is 186 Å². The van der Waals surface area contributed by atoms with Crippen molar-refractivity contribution in [3.05, 3.63) is 28.4 Å². The number of nitroso groups, excluding NO2 is 1. The first-order chi connectivity index (χ1) is 14.0. The van der Waals surface area contributed by atoms with Gasteiger partial charge in [0.2, 0.25) is 0 Å². The van der Waals surface area contributed by atoms with Gasteiger partial charge in [-0.3, -0.25) is 4.79 Å². The zero-order valence-corrected chi connectivity index (χ0v) is 21.1. The number of rotatable bonds is 13. The fourth-order valence-electron chi connectivity index (χ4n) is 2.74. The monoisotopic (exact) mass is 427 g/mol. The summed E-state index contributed by atoms with van der Waals surface area (Å²) in [6, 6.07) is 0. The molecule has 0 amide bonds. The Balaban J connectivity index is -0.000000609. The number of carbonyl (C=O) groups is 1. The number of hydrogen-bond acceptors (Lipinski definition) is 5. The summed E-state index contributed by atoms with van der Waals surface area (Å²) in [6.07, 6.45) is 5.13. The van der Waals surface area contributed by atoms with E-state index in [1.54, 1.807) is 0 Å². The Hall–Kier alpha value is -1.49. The molecule has 0 rings (SSSR count). The first-order valence-electron chi connectivity index (χ1n) is 11.4. The van der Waals surface area contributed by atoms with Gasteiger partial charge < -0.3 is 10.2 Å². The van der Waals surface area contributed by atoms with E-state index in [0.29, 0.717) is 42.7 Å². The second kappa shape index (κ2) is 20.8. The smallest absolute Gasteiger partial charge is 0.166 e. The van der Waals surface area contributed by atoms with Gasteiger partial charge in [-0.25, -0.2) is 0 Å². The minimum atomic E-state index is 0.0285. The van der Waals surface area contributed by atoms with E-state index in [9.17, 15) is 14.8 Å². The van der Waals surface area contributed by atoms with Crippen molar-refractivity contribution < 1.29 is 15.0 Å². The quantitative estimate of drug-likeness (QED) is 0.106. The van der Waals surface area contributed by atoms with E-state index < -0.39 is 0 Å². The van der Waals surface area contributed by atoms with Crippen LogP contribution in [0.2, 0.25) is 0 Å². The molecule has 1 unspecified atom stereocenters. The number of hydrogen-bond donors (Lipinski definition) is 2. The van der Waals surface area contributed by atoms with Crippen LogP contribution in [-0.2, 0) is 4.79 Å². The molecule has 0 spiro atoms. The second-order valence-electron chi connectivity index (χ2n) is 8.98. The highest BCUT2D eigenvalue weighted by molar-refractivity contribution is 6.00. The Morgan fingerprint density at radius 3 is 1.77 bits per heavy atom. The SMILES string of the molecule is C=C(/C(C(=O)CC(C)C)=C(/O)CC)C(C)CCC(C)C.CC(C)CCCN=O.CO. The number of carbonyl (C=O) groups excluding carboxylic acids is 1. The van der Waals surface area contributed by atoms with Crippen molar-refractivity contribution in [3.63, 3.8) is 0 Å². The predicted octanol–water partition coefficient (Wildman–Crippen LogP) is 7.25. The first-order valence-corrected chi connectivity index (χ1v) is 11.4. The van der Waals surface area contributed by atoms with Gasteiger partial charge in [0.1, 0.15) is 5.76 Å². The molecule has 2 N–H and O–H groups in total. The van der Waals surface area contributed by atoms with Gasteiger partial charge in [0.05, 0.1) is 12.1 Å². The van der Waals surface area contributed by atoms with Crippen LogP contribution < -0.4 is 0 Å². The molecule has 0 aliphatic carbocycles. The molecule has 0 aromatic rings. The minimum Gasteiger partial charge on any atom is -0.512 e. The summed E-state index contributed by atoms with van der Waals surface area (Å²) < 4.78 is 0. The fraction of sp³-hybridized carbons (Fsp3) is 0.800. The summed E-state index contributed by atoms with van der Waals surface area (Å²) in [5, 5.41) is 19.9. The van der Waals surface area contributed by atoms with Crippen LogP contribution in [0.25, 0.3) is 0 Å². The Morgan fingerprint density at radius 1 is 0.900 bits per heavy atom. The summed E-state index contributed by atoms with van der Waals surface area (Å²) in [5.41, 5.74) is 1.29. The van der Waals surface area contributed by atoms with Gasteiger partial charge in [0.15, 0.2) is 5.78 Å². The fourth-order valence-corrected chi connectivity index (χ4v) is 2.74. The predicted molar refractivity (Wildman–Crippen MR) is 130 cm³/mol. The maximum Gasteiger partial charge on any atom is 0.166 e. The zero-order chi connectivity index (χ0) is 24.3. The van der Waals surface area contributed by atoms with Crippen molar-refractivity contribution in [2.75, 3.05) is 13.7 Å². The van der Waals surface area contributed by atoms with Crippen LogP contribution in [0.5, 0.6) is 0 Å². The Morgan fingerprint density at radius 2 is 1.40 bits per heavy atom. The van der Waals surface area contributed by atoms with Crippen molar-refractivity contribution in [2.24, 2.45) is 28.8 Å². The van der Waals surface area contributed by atoms with Crippen molar-refractivity contribution in [2.45, 2.75) is 93.9 Å². The Bertz CT molecular complexity index is 493. The van der Waals surface area contributed by atoms with Crippen molar-refractivity contribution in [3.8, 4) is 0 Å². The molecule has 0 aliphatic heterocycles. The molecule has 0 saturated carbocycles. The lowest BCUT2D eigenvalue weighted by Crippen LogP contribution is -2.15. The highest BCUT2D eigenvalue weighted by Crippen LogP contribution is 2.28. The molecule has 0 bridgehead atoms. The van der Waals surface area contributed by atoms with Crippen molar-refractivity contribution >= 4 is 5.78 Å². The number of allylic oxidation sites excluding steroid dienone is 3. The van der Waals surface area contributed by atoms with Crippen molar-refractivity contribution in [1.29, 1.82) is 0 Å². The minimum absolute atomic E-state index is 0.0285. The van der Waals surface area contributed by atoms with Gasteiger partial charge in [0.25, 0.3) is 0 Å². The van der Waals surface area contributed by atoms with Gasteiger partial charge in [0, 0.05) is 20.0 Å². The molecule has 0 saturated heterocycles. The molecule has 0 fully saturated rings. The number of ketones is 1. The molecule has 0 radical (unpaired) electrons. The maximum atomic E-state index is 12.4. The number of Topliss-reactive ketones (excluding diaryl/α,β-unsaturated/α-hetero) is 1. The lowest BCUT2D eigenvalue weighted by Gasteiger charge is -2.20. The molecule has 0 heterocycles. The van der Waals surface area contributed by atoms with Crippen LogP contribution in [0.1, 0.15) is 93.9 Å². The van der Waals surface area contributed by atoms with E-state index in [-0.39, 0.29) is 17.5 Å². The zero-order valence-electron chi connectivity index (χ0n) is 21.1. The molecule has 1 atom stereocenters. The molecule has 30 heavy (non-hydrogen) atoms. The van der Waals surface area contributed by atoms with Gasteiger partial charge in [-0.2, -0.15) is 4.91 Å². The summed E-state index contributed by atoms with van der Waals surface area (Å²) in [7, 11) is 1.00. The van der Waals surface area contributed by atoms with E-state index in [0.717, 1.165) is 38.4 Å². The van der Waals surface area contributed by atoms with Crippen LogP contribution in [-0.4, -0.2) is 29.7 Å². The number of nitrogens with zero attached hydrogens (tertiary/aromatic N) is 1. The maximum absolute atomic E-state index is 12.4. The molecule has 0 aliphatic rings. The summed E-state index contributed by atoms with van der Waals surface area (Å²) in [6.45, 7) is 21.2. The molecular weight excluding hydrogens is 378 g/mol. The van der Waals surface area contributed by atoms with Gasteiger partial charge in [-0.1, -0.05) is 73.6 Å². The molecule has 178 valence electrons. The summed E-state index contributed by atoms with van der Waals surface area (Å²) in [5.74, 6) is 2.09. The van der Waals surface area contributed by atoms with E-state index in [1.165, 1.54) is 0 Å². The van der Waals surface area contributed by atoms with Gasteiger partial charge in [-0.05, 0) is 48.5 Å². The van der Waals surface area contributed by atoms with E-state index in [1.807, 2.05) is 20.8 Å². The average molecular weight is 428 g/mol. The van der Waals surface area contributed by atoms with E-state index >= 15 is 0 Å². The second-order valence-corrected chi connectivity index (χ2v) is 8.98. The third-order valence-corrected chi connectivity index (χ3v) is 4.62. The van der Waals surface area contributed by atoms with Gasteiger partial charge in [-0.15, -0.1) is 0 Å².